The first-order chi connectivity index (χ1) is 29.0. The largest absolute Gasteiger partial charge is 0.462 e. The van der Waals surface area contributed by atoms with E-state index in [4.69, 9.17) is 4.74 Å². The van der Waals surface area contributed by atoms with Crippen molar-refractivity contribution in [3.63, 3.8) is 0 Å². The van der Waals surface area contributed by atoms with Crippen LogP contribution in [0.3, 0.4) is 0 Å². The van der Waals surface area contributed by atoms with Gasteiger partial charge in [0.05, 0.1) is 25.2 Å². The maximum atomic E-state index is 13.2. The van der Waals surface area contributed by atoms with Crippen LogP contribution in [0.15, 0.2) is 48.6 Å². The Bertz CT molecular complexity index is 1020. The molecule has 59 heavy (non-hydrogen) atoms. The number of aliphatic hydroxyl groups is 2. The van der Waals surface area contributed by atoms with Gasteiger partial charge in [0.25, 0.3) is 0 Å². The molecule has 1 amide bonds. The number of unbranched alkanes of at least 4 members (excludes halogenated alkanes) is 27. The number of allylic oxidation sites excluding steroid dienone is 8. The highest BCUT2D eigenvalue weighted by atomic mass is 16.5. The number of aliphatic hydroxyl groups excluding tert-OH is 2. The fraction of sp³-hybridized carbons (Fsp3) is 0.811. The number of carbonyl (C=O) groups is 2. The van der Waals surface area contributed by atoms with Gasteiger partial charge in [-0.25, -0.2) is 0 Å². The molecule has 0 aromatic carbocycles. The average Bonchev–Trinajstić information content (AvgIpc) is 3.23. The molecular formula is C53H97NO5. The second-order valence-electron chi connectivity index (χ2n) is 17.2. The van der Waals surface area contributed by atoms with Gasteiger partial charge in [-0.05, 0) is 64.2 Å². The van der Waals surface area contributed by atoms with Crippen LogP contribution in [0.4, 0.5) is 0 Å². The number of carbonyl (C=O) groups excluding carboxylic acids is 2. The van der Waals surface area contributed by atoms with Crippen LogP contribution in [-0.4, -0.2) is 46.9 Å². The standard InChI is InChI=1S/C53H97NO5/c1-4-7-10-13-16-19-22-24-25-26-28-31-33-36-39-42-45-51(56)50(48-55)54-52(57)47-49(44-41-38-35-32-30-27-23-20-17-14-11-8-5-2)59-53(58)46-43-40-37-34-29-21-18-15-12-9-6-3/h8,11,14-15,17-18,20,23,49-51,55-56H,4-7,9-10,12-13,16,19,21-22,24-48H2,1-3H3,(H,54,57)/b11-8+,17-14+,18-15-,23-20+. The summed E-state index contributed by atoms with van der Waals surface area (Å²) in [6.45, 7) is 6.32. The first-order valence-corrected chi connectivity index (χ1v) is 25.4. The molecule has 3 N–H and O–H groups in total. The van der Waals surface area contributed by atoms with Crippen LogP contribution in [0.5, 0.6) is 0 Å². The van der Waals surface area contributed by atoms with Crippen molar-refractivity contribution in [1.29, 1.82) is 0 Å². The summed E-state index contributed by atoms with van der Waals surface area (Å²) in [5, 5.41) is 23.8. The number of hydrogen-bond acceptors (Lipinski definition) is 5. The van der Waals surface area contributed by atoms with Crippen LogP contribution < -0.4 is 5.32 Å². The van der Waals surface area contributed by atoms with Crippen molar-refractivity contribution >= 4 is 11.9 Å². The van der Waals surface area contributed by atoms with Crippen molar-refractivity contribution in [3.8, 4) is 0 Å². The number of nitrogens with one attached hydrogen (secondary N) is 1. The topological polar surface area (TPSA) is 95.9 Å². The number of esters is 1. The molecule has 6 heteroatoms. The minimum Gasteiger partial charge on any atom is -0.462 e. The van der Waals surface area contributed by atoms with Crippen LogP contribution in [-0.2, 0) is 14.3 Å². The molecule has 0 aromatic heterocycles. The zero-order valence-corrected chi connectivity index (χ0v) is 39.1. The van der Waals surface area contributed by atoms with E-state index in [2.05, 4.69) is 74.7 Å². The van der Waals surface area contributed by atoms with Gasteiger partial charge in [-0.15, -0.1) is 0 Å². The lowest BCUT2D eigenvalue weighted by atomic mass is 10.0. The van der Waals surface area contributed by atoms with Gasteiger partial charge in [-0.3, -0.25) is 9.59 Å². The second kappa shape index (κ2) is 46.9. The molecule has 0 rings (SSSR count). The highest BCUT2D eigenvalue weighted by Crippen LogP contribution is 2.18. The van der Waals surface area contributed by atoms with Gasteiger partial charge >= 0.3 is 5.97 Å². The minimum absolute atomic E-state index is 0.0610. The van der Waals surface area contributed by atoms with Crippen LogP contribution in [0.2, 0.25) is 0 Å². The Labute approximate surface area is 366 Å². The molecule has 0 radical (unpaired) electrons. The third-order valence-corrected chi connectivity index (χ3v) is 11.5. The van der Waals surface area contributed by atoms with Crippen molar-refractivity contribution in [2.45, 2.75) is 270 Å². The fourth-order valence-corrected chi connectivity index (χ4v) is 7.59. The first kappa shape index (κ1) is 56.8. The predicted octanol–water partition coefficient (Wildman–Crippen LogP) is 15.1. The molecule has 0 saturated heterocycles. The van der Waals surface area contributed by atoms with Gasteiger partial charge in [-0.1, -0.05) is 223 Å². The van der Waals surface area contributed by atoms with E-state index in [1.807, 2.05) is 0 Å². The quantitative estimate of drug-likeness (QED) is 0.0246. The molecule has 0 aliphatic rings. The zero-order chi connectivity index (χ0) is 43.1. The van der Waals surface area contributed by atoms with Crippen molar-refractivity contribution in [1.82, 2.24) is 5.32 Å². The summed E-state index contributed by atoms with van der Waals surface area (Å²) in [6.07, 6.45) is 56.0. The van der Waals surface area contributed by atoms with Crippen LogP contribution in [0, 0.1) is 0 Å². The maximum Gasteiger partial charge on any atom is 0.306 e. The van der Waals surface area contributed by atoms with E-state index in [9.17, 15) is 19.8 Å². The lowest BCUT2D eigenvalue weighted by Gasteiger charge is -2.24. The summed E-state index contributed by atoms with van der Waals surface area (Å²) in [6, 6.07) is -0.709. The molecule has 3 unspecified atom stereocenters. The Morgan fingerprint density at radius 3 is 1.47 bits per heavy atom. The fourth-order valence-electron chi connectivity index (χ4n) is 7.59. The minimum atomic E-state index is -0.794. The number of rotatable bonds is 45. The zero-order valence-electron chi connectivity index (χ0n) is 39.1. The van der Waals surface area contributed by atoms with E-state index in [1.165, 1.54) is 116 Å². The lowest BCUT2D eigenvalue weighted by molar-refractivity contribution is -0.151. The summed E-state index contributed by atoms with van der Waals surface area (Å²) in [7, 11) is 0. The summed E-state index contributed by atoms with van der Waals surface area (Å²) in [4.78, 5) is 26.1. The first-order valence-electron chi connectivity index (χ1n) is 25.4. The predicted molar refractivity (Wildman–Crippen MR) is 255 cm³/mol. The van der Waals surface area contributed by atoms with E-state index < -0.39 is 18.2 Å². The van der Waals surface area contributed by atoms with Gasteiger partial charge in [0.2, 0.25) is 5.91 Å². The van der Waals surface area contributed by atoms with E-state index in [-0.39, 0.29) is 24.9 Å². The Kier molecular flexibility index (Phi) is 45.1. The van der Waals surface area contributed by atoms with Crippen molar-refractivity contribution in [3.05, 3.63) is 48.6 Å². The molecule has 0 aliphatic heterocycles. The highest BCUT2D eigenvalue weighted by Gasteiger charge is 2.24. The molecule has 0 bridgehead atoms. The van der Waals surface area contributed by atoms with Gasteiger partial charge < -0.3 is 20.3 Å². The SMILES string of the molecule is CC/C=C/C=C/C=C/CCCCCCCC(CC(=O)NC(CO)C(O)CCCCCCCCCCCCCCCCCC)OC(=O)CCCCCCC/C=C\CCCC. The Balaban J connectivity index is 4.54. The molecule has 0 spiro atoms. The van der Waals surface area contributed by atoms with Crippen molar-refractivity contribution in [2.75, 3.05) is 6.61 Å². The Hall–Kier alpha value is -2.18. The van der Waals surface area contributed by atoms with E-state index in [0.29, 0.717) is 19.3 Å². The Morgan fingerprint density at radius 2 is 0.949 bits per heavy atom. The molecule has 0 aromatic rings. The third kappa shape index (κ3) is 42.3. The van der Waals surface area contributed by atoms with Gasteiger partial charge in [0.15, 0.2) is 0 Å². The smallest absolute Gasteiger partial charge is 0.306 e. The maximum absolute atomic E-state index is 13.2. The summed E-state index contributed by atoms with van der Waals surface area (Å²) in [5.74, 6) is -0.502. The number of amides is 1. The summed E-state index contributed by atoms with van der Waals surface area (Å²) in [5.41, 5.74) is 0. The average molecular weight is 828 g/mol. The molecule has 6 nitrogen and oxygen atoms in total. The Morgan fingerprint density at radius 1 is 0.508 bits per heavy atom. The molecule has 3 atom stereocenters. The molecule has 0 heterocycles. The monoisotopic (exact) mass is 828 g/mol. The molecule has 0 aliphatic carbocycles. The van der Waals surface area contributed by atoms with Gasteiger partial charge in [0.1, 0.15) is 6.10 Å². The molecule has 0 saturated carbocycles. The summed E-state index contributed by atoms with van der Waals surface area (Å²) >= 11 is 0. The third-order valence-electron chi connectivity index (χ3n) is 11.5. The highest BCUT2D eigenvalue weighted by molar-refractivity contribution is 5.77. The van der Waals surface area contributed by atoms with Crippen LogP contribution in [0.1, 0.15) is 252 Å². The van der Waals surface area contributed by atoms with E-state index >= 15 is 0 Å². The molecule has 0 fully saturated rings. The van der Waals surface area contributed by atoms with E-state index in [1.54, 1.807) is 0 Å². The van der Waals surface area contributed by atoms with Crippen LogP contribution >= 0.6 is 0 Å². The number of ether oxygens (including phenoxy) is 1. The summed E-state index contributed by atoms with van der Waals surface area (Å²) < 4.78 is 5.91. The lowest BCUT2D eigenvalue weighted by Crippen LogP contribution is -2.46. The molecule has 344 valence electrons. The second-order valence-corrected chi connectivity index (χ2v) is 17.2. The van der Waals surface area contributed by atoms with E-state index in [0.717, 1.165) is 89.9 Å². The van der Waals surface area contributed by atoms with Gasteiger partial charge in [0, 0.05) is 6.42 Å². The number of hydrogen-bond donors (Lipinski definition) is 3. The van der Waals surface area contributed by atoms with Crippen molar-refractivity contribution < 1.29 is 24.5 Å². The van der Waals surface area contributed by atoms with Crippen molar-refractivity contribution in [2.24, 2.45) is 0 Å². The van der Waals surface area contributed by atoms with Crippen LogP contribution in [0.25, 0.3) is 0 Å². The van der Waals surface area contributed by atoms with Gasteiger partial charge in [-0.2, -0.15) is 0 Å². The normalized spacial score (nSPS) is 13.6. The molecular weight excluding hydrogens is 731 g/mol.